The maximum absolute atomic E-state index is 6.02. The summed E-state index contributed by atoms with van der Waals surface area (Å²) in [4.78, 5) is 0. The highest BCUT2D eigenvalue weighted by Gasteiger charge is 2.07. The van der Waals surface area contributed by atoms with Crippen LogP contribution < -0.4 is 9.47 Å². The van der Waals surface area contributed by atoms with Gasteiger partial charge in [-0.2, -0.15) is 0 Å². The third kappa shape index (κ3) is 5.38. The maximum Gasteiger partial charge on any atom is 0.127 e. The van der Waals surface area contributed by atoms with Crippen LogP contribution in [0.5, 0.6) is 11.5 Å². The average Bonchev–Trinajstić information content (AvgIpc) is 2.82. The van der Waals surface area contributed by atoms with Crippen LogP contribution in [0.3, 0.4) is 0 Å². The molecule has 0 aliphatic rings. The van der Waals surface area contributed by atoms with E-state index in [1.807, 2.05) is 36.4 Å². The SMILES string of the molecule is C=C(CCOc1ccc(C)c2ccccc12)OC(=C)CCOc1ccc(C)c2ccccc12. The lowest BCUT2D eigenvalue weighted by molar-refractivity contribution is 0.228. The van der Waals surface area contributed by atoms with Gasteiger partial charge < -0.3 is 14.2 Å². The summed E-state index contributed by atoms with van der Waals surface area (Å²) in [6, 6.07) is 24.8. The van der Waals surface area contributed by atoms with Crippen LogP contribution in [0.1, 0.15) is 24.0 Å². The molecule has 3 heteroatoms. The zero-order valence-corrected chi connectivity index (χ0v) is 19.4. The Bertz CT molecular complexity index is 1200. The topological polar surface area (TPSA) is 27.7 Å². The first-order chi connectivity index (χ1) is 16.0. The Morgan fingerprint density at radius 3 is 1.39 bits per heavy atom. The standard InChI is InChI=1S/C30H30O3/c1-21-13-15-29(27-11-7-5-9-25(21)27)31-19-17-23(3)33-24(4)18-20-32-30-16-14-22(2)26-10-6-8-12-28(26)30/h5-16H,3-4,17-20H2,1-2H3. The molecule has 3 nitrogen and oxygen atoms in total. The Morgan fingerprint density at radius 1 is 0.576 bits per heavy atom. The number of rotatable bonds is 10. The maximum atomic E-state index is 6.02. The van der Waals surface area contributed by atoms with Crippen molar-refractivity contribution in [1.29, 1.82) is 0 Å². The van der Waals surface area contributed by atoms with Gasteiger partial charge in [-0.1, -0.05) is 73.8 Å². The van der Waals surface area contributed by atoms with E-state index in [-0.39, 0.29) is 0 Å². The lowest BCUT2D eigenvalue weighted by Gasteiger charge is -2.14. The molecule has 4 rings (SSSR count). The summed E-state index contributed by atoms with van der Waals surface area (Å²) in [5.74, 6) is 3.03. The van der Waals surface area contributed by atoms with Gasteiger partial charge in [0.05, 0.1) is 24.7 Å². The molecular weight excluding hydrogens is 408 g/mol. The van der Waals surface area contributed by atoms with E-state index in [0.717, 1.165) is 22.3 Å². The van der Waals surface area contributed by atoms with Crippen molar-refractivity contribution < 1.29 is 14.2 Å². The summed E-state index contributed by atoms with van der Waals surface area (Å²) in [7, 11) is 0. The Labute approximate surface area is 195 Å². The van der Waals surface area contributed by atoms with E-state index in [9.17, 15) is 0 Å². The third-order valence-corrected chi connectivity index (χ3v) is 5.77. The number of aryl methyl sites for hydroxylation is 2. The zero-order valence-electron chi connectivity index (χ0n) is 19.4. The van der Waals surface area contributed by atoms with Crippen molar-refractivity contribution >= 4 is 21.5 Å². The summed E-state index contributed by atoms with van der Waals surface area (Å²) in [6.07, 6.45) is 1.18. The minimum absolute atomic E-state index is 0.491. The van der Waals surface area contributed by atoms with Gasteiger partial charge in [0.2, 0.25) is 0 Å². The highest BCUT2D eigenvalue weighted by atomic mass is 16.5. The van der Waals surface area contributed by atoms with Gasteiger partial charge in [0.15, 0.2) is 0 Å². The van der Waals surface area contributed by atoms with Crippen molar-refractivity contribution in [2.75, 3.05) is 13.2 Å². The molecule has 0 fully saturated rings. The molecule has 0 unspecified atom stereocenters. The number of fused-ring (bicyclic) bond motifs is 2. The molecule has 0 radical (unpaired) electrons. The van der Waals surface area contributed by atoms with E-state index in [4.69, 9.17) is 14.2 Å². The number of hydrogen-bond donors (Lipinski definition) is 0. The molecule has 4 aromatic carbocycles. The third-order valence-electron chi connectivity index (χ3n) is 5.77. The van der Waals surface area contributed by atoms with Gasteiger partial charge in [-0.05, 0) is 47.9 Å². The molecule has 0 aromatic heterocycles. The van der Waals surface area contributed by atoms with Crippen LogP contribution in [0.4, 0.5) is 0 Å². The monoisotopic (exact) mass is 438 g/mol. The number of ether oxygens (including phenoxy) is 3. The van der Waals surface area contributed by atoms with Crippen LogP contribution in [0, 0.1) is 13.8 Å². The van der Waals surface area contributed by atoms with E-state index in [1.165, 1.54) is 21.9 Å². The summed E-state index contributed by atoms with van der Waals surface area (Å²) >= 11 is 0. The van der Waals surface area contributed by atoms with Crippen LogP contribution in [0.25, 0.3) is 21.5 Å². The molecule has 0 bridgehead atoms. The van der Waals surface area contributed by atoms with Crippen LogP contribution in [-0.4, -0.2) is 13.2 Å². The van der Waals surface area contributed by atoms with Crippen molar-refractivity contribution in [3.8, 4) is 11.5 Å². The van der Waals surface area contributed by atoms with Gasteiger partial charge in [-0.3, -0.25) is 0 Å². The molecular formula is C30H30O3. The second-order valence-electron chi connectivity index (χ2n) is 8.23. The first-order valence-corrected chi connectivity index (χ1v) is 11.3. The molecule has 0 amide bonds. The van der Waals surface area contributed by atoms with Crippen LogP contribution in [0.2, 0.25) is 0 Å². The summed E-state index contributed by atoms with van der Waals surface area (Å²) in [5, 5.41) is 4.66. The van der Waals surface area contributed by atoms with Crippen molar-refractivity contribution in [2.24, 2.45) is 0 Å². The van der Waals surface area contributed by atoms with E-state index < -0.39 is 0 Å². The Morgan fingerprint density at radius 2 is 0.970 bits per heavy atom. The fraction of sp³-hybridized carbons (Fsp3) is 0.200. The molecule has 4 aromatic rings. The highest BCUT2D eigenvalue weighted by Crippen LogP contribution is 2.29. The quantitative estimate of drug-likeness (QED) is 0.236. The Kier molecular flexibility index (Phi) is 6.99. The van der Waals surface area contributed by atoms with Crippen LogP contribution in [0.15, 0.2) is 97.5 Å². The molecule has 168 valence electrons. The van der Waals surface area contributed by atoms with Gasteiger partial charge >= 0.3 is 0 Å². The smallest absolute Gasteiger partial charge is 0.127 e. The van der Waals surface area contributed by atoms with Gasteiger partial charge in [0.1, 0.15) is 11.5 Å². The molecule has 0 saturated carbocycles. The first-order valence-electron chi connectivity index (χ1n) is 11.3. The second-order valence-corrected chi connectivity index (χ2v) is 8.23. The molecule has 0 atom stereocenters. The first kappa shape index (κ1) is 22.5. The van der Waals surface area contributed by atoms with Gasteiger partial charge in [-0.25, -0.2) is 0 Å². The summed E-state index contributed by atoms with van der Waals surface area (Å²) in [6.45, 7) is 13.2. The second kappa shape index (κ2) is 10.3. The molecule has 0 spiro atoms. The molecule has 33 heavy (non-hydrogen) atoms. The van der Waals surface area contributed by atoms with Gasteiger partial charge in [0.25, 0.3) is 0 Å². The van der Waals surface area contributed by atoms with Crippen LogP contribution in [-0.2, 0) is 4.74 Å². The number of benzene rings is 4. The zero-order chi connectivity index (χ0) is 23.2. The van der Waals surface area contributed by atoms with Crippen molar-refractivity contribution in [1.82, 2.24) is 0 Å². The average molecular weight is 439 g/mol. The summed E-state index contributed by atoms with van der Waals surface area (Å²) < 4.78 is 17.8. The molecule has 0 saturated heterocycles. The van der Waals surface area contributed by atoms with Crippen molar-refractivity contribution in [3.63, 3.8) is 0 Å². The Hall–Kier alpha value is -3.72. The largest absolute Gasteiger partial charge is 0.492 e. The molecule has 0 N–H and O–H groups in total. The molecule has 0 heterocycles. The molecule has 0 aliphatic carbocycles. The minimum atomic E-state index is 0.491. The highest BCUT2D eigenvalue weighted by molar-refractivity contribution is 5.91. The fourth-order valence-corrected chi connectivity index (χ4v) is 3.95. The minimum Gasteiger partial charge on any atom is -0.492 e. The van der Waals surface area contributed by atoms with Gasteiger partial charge in [-0.15, -0.1) is 0 Å². The van der Waals surface area contributed by atoms with E-state index in [2.05, 4.69) is 63.4 Å². The number of hydrogen-bond acceptors (Lipinski definition) is 3. The lowest BCUT2D eigenvalue weighted by Crippen LogP contribution is -2.04. The van der Waals surface area contributed by atoms with Crippen molar-refractivity contribution in [2.45, 2.75) is 26.7 Å². The predicted molar refractivity (Wildman–Crippen MR) is 137 cm³/mol. The summed E-state index contributed by atoms with van der Waals surface area (Å²) in [5.41, 5.74) is 2.48. The van der Waals surface area contributed by atoms with Crippen LogP contribution >= 0.6 is 0 Å². The Balaban J connectivity index is 1.24. The fourth-order valence-electron chi connectivity index (χ4n) is 3.95. The van der Waals surface area contributed by atoms with E-state index in [0.29, 0.717) is 37.6 Å². The molecule has 0 aliphatic heterocycles. The predicted octanol–water partition coefficient (Wildman–Crippen LogP) is 7.89. The lowest BCUT2D eigenvalue weighted by atomic mass is 10.0. The van der Waals surface area contributed by atoms with E-state index >= 15 is 0 Å². The normalized spacial score (nSPS) is 10.8. The van der Waals surface area contributed by atoms with Crippen molar-refractivity contribution in [3.05, 3.63) is 109 Å². The van der Waals surface area contributed by atoms with E-state index in [1.54, 1.807) is 0 Å². The van der Waals surface area contributed by atoms with Gasteiger partial charge in [0, 0.05) is 23.6 Å².